The molecule has 0 fully saturated rings. The molecule has 0 spiro atoms. The molecular weight excluding hydrogens is 353 g/mol. The number of pyridine rings is 1. The van der Waals surface area contributed by atoms with Crippen LogP contribution >= 0.6 is 0 Å². The number of para-hydroxylation sites is 1. The minimum atomic E-state index is -0.235. The quantitative estimate of drug-likeness (QED) is 0.528. The second kappa shape index (κ2) is 8.05. The van der Waals surface area contributed by atoms with Crippen LogP contribution in [0.25, 0.3) is 10.9 Å². The Balaban J connectivity index is 1.51. The van der Waals surface area contributed by atoms with E-state index in [1.54, 1.807) is 24.4 Å². The minimum Gasteiger partial charge on any atom is -0.343 e. The average molecular weight is 373 g/mol. The van der Waals surface area contributed by atoms with E-state index < -0.39 is 0 Å². The maximum atomic E-state index is 13.2. The predicted octanol–water partition coefficient (Wildman–Crippen LogP) is 4.80. The topological polar surface area (TPSA) is 46.9 Å². The highest BCUT2D eigenvalue weighted by Gasteiger charge is 2.11. The van der Waals surface area contributed by atoms with Gasteiger partial charge in [0.15, 0.2) is 0 Å². The summed E-state index contributed by atoms with van der Waals surface area (Å²) in [6.45, 7) is 0.654. The first kappa shape index (κ1) is 17.9. The Hall–Kier alpha value is -3.47. The van der Waals surface area contributed by atoms with Gasteiger partial charge in [0.1, 0.15) is 11.6 Å². The molecule has 4 nitrogen and oxygen atoms in total. The molecule has 0 aliphatic rings. The van der Waals surface area contributed by atoms with Crippen molar-refractivity contribution in [2.24, 2.45) is 0 Å². The molecule has 0 aliphatic carbocycles. The summed E-state index contributed by atoms with van der Waals surface area (Å²) in [6, 6.07) is 20.1. The highest BCUT2D eigenvalue weighted by Crippen LogP contribution is 2.24. The zero-order valence-electron chi connectivity index (χ0n) is 15.3. The number of hydrogen-bond donors (Lipinski definition) is 1. The Morgan fingerprint density at radius 2 is 1.79 bits per heavy atom. The Morgan fingerprint density at radius 1 is 1.00 bits per heavy atom. The molecule has 0 aliphatic heterocycles. The lowest BCUT2D eigenvalue weighted by Crippen LogP contribution is -2.13. The molecule has 0 saturated heterocycles. The molecule has 0 atom stereocenters. The molecule has 2 aromatic carbocycles. The summed E-state index contributed by atoms with van der Waals surface area (Å²) in [6.07, 6.45) is 4.75. The number of rotatable bonds is 6. The van der Waals surface area contributed by atoms with E-state index in [9.17, 15) is 9.18 Å². The Morgan fingerprint density at radius 3 is 2.57 bits per heavy atom. The fourth-order valence-corrected chi connectivity index (χ4v) is 3.33. The second-order valence-electron chi connectivity index (χ2n) is 6.69. The number of nitrogens with zero attached hydrogens (tertiary/aromatic N) is 2. The largest absolute Gasteiger partial charge is 0.343 e. The molecule has 0 radical (unpaired) electrons. The summed E-state index contributed by atoms with van der Waals surface area (Å²) in [5.41, 5.74) is 3.25. The number of aryl methyl sites for hydroxylation is 1. The molecule has 4 rings (SSSR count). The van der Waals surface area contributed by atoms with Gasteiger partial charge in [0.2, 0.25) is 5.91 Å². The Kier molecular flexibility index (Phi) is 5.15. The van der Waals surface area contributed by atoms with E-state index in [1.165, 1.54) is 12.1 Å². The second-order valence-corrected chi connectivity index (χ2v) is 6.69. The first-order chi connectivity index (χ1) is 13.7. The van der Waals surface area contributed by atoms with Crippen molar-refractivity contribution < 1.29 is 9.18 Å². The third-order valence-corrected chi connectivity index (χ3v) is 4.69. The van der Waals surface area contributed by atoms with Gasteiger partial charge in [-0.2, -0.15) is 0 Å². The number of nitrogens with one attached hydrogen (secondary N) is 1. The maximum absolute atomic E-state index is 13.2. The lowest BCUT2D eigenvalue weighted by Gasteiger charge is -2.05. The summed E-state index contributed by atoms with van der Waals surface area (Å²) >= 11 is 0. The normalized spacial score (nSPS) is 10.9. The van der Waals surface area contributed by atoms with Crippen molar-refractivity contribution in [1.82, 2.24) is 9.55 Å². The molecule has 0 unspecified atom stereocenters. The third-order valence-electron chi connectivity index (χ3n) is 4.69. The van der Waals surface area contributed by atoms with Gasteiger partial charge in [-0.05, 0) is 47.9 Å². The first-order valence-electron chi connectivity index (χ1n) is 9.21. The molecule has 0 saturated carbocycles. The summed E-state index contributed by atoms with van der Waals surface area (Å²) in [7, 11) is 0. The fourth-order valence-electron chi connectivity index (χ4n) is 3.33. The molecular formula is C23H20FN3O. The highest BCUT2D eigenvalue weighted by atomic mass is 19.1. The van der Waals surface area contributed by atoms with E-state index >= 15 is 0 Å². The SMILES string of the molecule is O=C(CCc1cn(Cc2ccc(F)cc2)c2ccccc12)Nc1ccccn1. The molecule has 140 valence electrons. The lowest BCUT2D eigenvalue weighted by molar-refractivity contribution is -0.116. The number of anilines is 1. The van der Waals surface area contributed by atoms with Gasteiger partial charge >= 0.3 is 0 Å². The fraction of sp³-hybridized carbons (Fsp3) is 0.130. The summed E-state index contributed by atoms with van der Waals surface area (Å²) in [5.74, 6) is 0.265. The van der Waals surface area contributed by atoms with E-state index in [1.807, 2.05) is 24.3 Å². The standard InChI is InChI=1S/C23H20FN3O/c24-19-11-8-17(9-12-19)15-27-16-18(20-5-1-2-6-21(20)27)10-13-23(28)26-22-7-3-4-14-25-22/h1-9,11-12,14,16H,10,13,15H2,(H,25,26,28). The lowest BCUT2D eigenvalue weighted by atomic mass is 10.1. The van der Waals surface area contributed by atoms with Crippen molar-refractivity contribution in [3.63, 3.8) is 0 Å². The van der Waals surface area contributed by atoms with Gasteiger partial charge in [0.25, 0.3) is 0 Å². The number of halogens is 1. The zero-order chi connectivity index (χ0) is 19.3. The van der Waals surface area contributed by atoms with Gasteiger partial charge in [-0.25, -0.2) is 9.37 Å². The monoisotopic (exact) mass is 373 g/mol. The van der Waals surface area contributed by atoms with Crippen molar-refractivity contribution in [2.45, 2.75) is 19.4 Å². The number of hydrogen-bond acceptors (Lipinski definition) is 2. The van der Waals surface area contributed by atoms with Crippen molar-refractivity contribution in [3.05, 3.63) is 96.1 Å². The van der Waals surface area contributed by atoms with E-state index in [2.05, 4.69) is 33.2 Å². The van der Waals surface area contributed by atoms with Crippen LogP contribution in [0.5, 0.6) is 0 Å². The smallest absolute Gasteiger partial charge is 0.225 e. The molecule has 5 heteroatoms. The van der Waals surface area contributed by atoms with Gasteiger partial charge in [0.05, 0.1) is 0 Å². The summed E-state index contributed by atoms with van der Waals surface area (Å²) in [5, 5.41) is 3.95. The van der Waals surface area contributed by atoms with E-state index in [0.717, 1.165) is 22.0 Å². The van der Waals surface area contributed by atoms with Crippen molar-refractivity contribution >= 4 is 22.6 Å². The Bertz CT molecular complexity index is 1090. The number of amides is 1. The number of carbonyl (C=O) groups is 1. The van der Waals surface area contributed by atoms with Gasteiger partial charge in [-0.3, -0.25) is 4.79 Å². The van der Waals surface area contributed by atoms with Crippen LogP contribution in [0.1, 0.15) is 17.5 Å². The minimum absolute atomic E-state index is 0.0611. The van der Waals surface area contributed by atoms with Crippen molar-refractivity contribution in [1.29, 1.82) is 0 Å². The maximum Gasteiger partial charge on any atom is 0.225 e. The third kappa shape index (κ3) is 4.09. The van der Waals surface area contributed by atoms with Crippen molar-refractivity contribution in [2.75, 3.05) is 5.32 Å². The van der Waals surface area contributed by atoms with Gasteiger partial charge in [-0.15, -0.1) is 0 Å². The summed E-state index contributed by atoms with van der Waals surface area (Å²) < 4.78 is 15.3. The number of benzene rings is 2. The molecule has 4 aromatic rings. The number of carbonyl (C=O) groups excluding carboxylic acids is 1. The van der Waals surface area contributed by atoms with Crippen LogP contribution in [0.3, 0.4) is 0 Å². The van der Waals surface area contributed by atoms with Crippen LogP contribution in [0, 0.1) is 5.82 Å². The van der Waals surface area contributed by atoms with E-state index in [-0.39, 0.29) is 11.7 Å². The van der Waals surface area contributed by atoms with Crippen molar-refractivity contribution in [3.8, 4) is 0 Å². The Labute approximate surface area is 162 Å². The molecule has 2 heterocycles. The highest BCUT2D eigenvalue weighted by molar-refractivity contribution is 5.90. The zero-order valence-corrected chi connectivity index (χ0v) is 15.3. The van der Waals surface area contributed by atoms with Gasteiger partial charge in [-0.1, -0.05) is 36.4 Å². The average Bonchev–Trinajstić information content (AvgIpc) is 3.07. The first-order valence-corrected chi connectivity index (χ1v) is 9.21. The van der Waals surface area contributed by atoms with Crippen LogP contribution < -0.4 is 5.32 Å². The molecule has 1 amide bonds. The van der Waals surface area contributed by atoms with Gasteiger partial charge in [0, 0.05) is 36.3 Å². The van der Waals surface area contributed by atoms with E-state index in [0.29, 0.717) is 25.2 Å². The van der Waals surface area contributed by atoms with Crippen LogP contribution in [-0.4, -0.2) is 15.5 Å². The van der Waals surface area contributed by atoms with Crippen LogP contribution in [0.2, 0.25) is 0 Å². The molecule has 2 aromatic heterocycles. The molecule has 0 bridgehead atoms. The molecule has 28 heavy (non-hydrogen) atoms. The molecule has 1 N–H and O–H groups in total. The summed E-state index contributed by atoms with van der Waals surface area (Å²) in [4.78, 5) is 16.4. The van der Waals surface area contributed by atoms with E-state index in [4.69, 9.17) is 0 Å². The number of aromatic nitrogens is 2. The van der Waals surface area contributed by atoms with Gasteiger partial charge < -0.3 is 9.88 Å². The number of fused-ring (bicyclic) bond motifs is 1. The van der Waals surface area contributed by atoms with Crippen LogP contribution in [-0.2, 0) is 17.8 Å². The predicted molar refractivity (Wildman–Crippen MR) is 109 cm³/mol. The van der Waals surface area contributed by atoms with Crippen LogP contribution in [0.15, 0.2) is 79.1 Å². The van der Waals surface area contributed by atoms with Crippen LogP contribution in [0.4, 0.5) is 10.2 Å².